The molecule has 1 aromatic rings. The minimum Gasteiger partial charge on any atom is -0.462 e. The smallest absolute Gasteiger partial charge is 0.338 e. The van der Waals surface area contributed by atoms with E-state index in [9.17, 15) is 14.4 Å². The van der Waals surface area contributed by atoms with Gasteiger partial charge in [-0.05, 0) is 48.8 Å². The third-order valence-corrected chi connectivity index (χ3v) is 6.84. The van der Waals surface area contributed by atoms with E-state index in [1.807, 2.05) is 20.9 Å². The van der Waals surface area contributed by atoms with E-state index in [4.69, 9.17) is 9.47 Å². The zero-order valence-electron chi connectivity index (χ0n) is 20.5. The van der Waals surface area contributed by atoms with Crippen LogP contribution >= 0.6 is 0 Å². The zero-order chi connectivity index (χ0) is 24.7. The van der Waals surface area contributed by atoms with Gasteiger partial charge in [-0.15, -0.1) is 0 Å². The molecular weight excluding hydrogens is 432 g/mol. The molecule has 0 radical (unpaired) electrons. The summed E-state index contributed by atoms with van der Waals surface area (Å²) in [6, 6.07) is 6.37. The van der Waals surface area contributed by atoms with Gasteiger partial charge in [0, 0.05) is 50.5 Å². The summed E-state index contributed by atoms with van der Waals surface area (Å²) >= 11 is 0. The molecule has 0 saturated carbocycles. The second-order valence-corrected chi connectivity index (χ2v) is 9.57. The Bertz CT molecular complexity index is 944. The van der Waals surface area contributed by atoms with E-state index in [-0.39, 0.29) is 23.8 Å². The van der Waals surface area contributed by atoms with Crippen molar-refractivity contribution in [3.8, 4) is 0 Å². The maximum atomic E-state index is 13.1. The lowest BCUT2D eigenvalue weighted by molar-refractivity contribution is -0.117. The quantitative estimate of drug-likeness (QED) is 0.439. The second-order valence-electron chi connectivity index (χ2n) is 9.57. The fraction of sp³-hybridized carbons (Fsp3) is 0.519. The molecule has 184 valence electrons. The number of carbonyl (C=O) groups excluding carboxylic acids is 3. The van der Waals surface area contributed by atoms with Crippen molar-refractivity contribution < 1.29 is 23.9 Å². The first-order valence-electron chi connectivity index (χ1n) is 12.0. The first-order valence-corrected chi connectivity index (χ1v) is 12.0. The molecule has 0 unspecified atom stereocenters. The van der Waals surface area contributed by atoms with E-state index >= 15 is 0 Å². The summed E-state index contributed by atoms with van der Waals surface area (Å²) in [5.74, 6) is -0.431. The maximum Gasteiger partial charge on any atom is 0.338 e. The van der Waals surface area contributed by atoms with Crippen LogP contribution in [0.5, 0.6) is 0 Å². The number of ether oxygens (including phenoxy) is 2. The number of nitrogens with one attached hydrogen (secondary N) is 1. The van der Waals surface area contributed by atoms with Gasteiger partial charge in [-0.2, -0.15) is 0 Å². The Morgan fingerprint density at radius 2 is 1.97 bits per heavy atom. The zero-order valence-corrected chi connectivity index (χ0v) is 20.5. The minimum absolute atomic E-state index is 0.0172. The van der Waals surface area contributed by atoms with Crippen molar-refractivity contribution in [1.29, 1.82) is 0 Å². The number of rotatable bonds is 9. The number of hydrogen-bond acceptors (Lipinski definition) is 6. The van der Waals surface area contributed by atoms with Crippen LogP contribution in [-0.2, 0) is 14.3 Å². The molecule has 34 heavy (non-hydrogen) atoms. The van der Waals surface area contributed by atoms with E-state index in [0.29, 0.717) is 49.4 Å². The van der Waals surface area contributed by atoms with Crippen LogP contribution in [0.1, 0.15) is 60.2 Å². The highest BCUT2D eigenvalue weighted by Crippen LogP contribution is 2.41. The van der Waals surface area contributed by atoms with Gasteiger partial charge in [0.25, 0.3) is 5.91 Å². The van der Waals surface area contributed by atoms with Crippen LogP contribution in [0.15, 0.2) is 47.7 Å². The molecule has 0 aromatic heterocycles. The molecular formula is C27H36N2O5. The highest BCUT2D eigenvalue weighted by Gasteiger charge is 2.39. The average molecular weight is 469 g/mol. The molecule has 7 heteroatoms. The van der Waals surface area contributed by atoms with E-state index in [1.54, 1.807) is 24.3 Å². The number of carbonyl (C=O) groups is 3. The Hall–Kier alpha value is -2.93. The predicted octanol–water partition coefficient (Wildman–Crippen LogP) is 3.76. The molecule has 3 rings (SSSR count). The number of allylic oxidation sites excluding steroid dienone is 1. The molecule has 1 saturated heterocycles. The third kappa shape index (κ3) is 6.14. The van der Waals surface area contributed by atoms with Crippen LogP contribution in [0.25, 0.3) is 0 Å². The molecule has 1 atom stereocenters. The number of aldehydes is 1. The van der Waals surface area contributed by atoms with E-state index < -0.39 is 5.97 Å². The van der Waals surface area contributed by atoms with Gasteiger partial charge < -0.3 is 19.7 Å². The lowest BCUT2D eigenvalue weighted by atomic mass is 9.76. The maximum absolute atomic E-state index is 13.1. The lowest BCUT2D eigenvalue weighted by Crippen LogP contribution is -2.40. The van der Waals surface area contributed by atoms with Crippen molar-refractivity contribution in [1.82, 2.24) is 10.2 Å². The number of amides is 1. The van der Waals surface area contributed by atoms with Crippen molar-refractivity contribution in [2.24, 2.45) is 11.3 Å². The Balaban J connectivity index is 1.71. The molecule has 2 heterocycles. The number of nitrogens with zero attached hydrogens (tertiary/aromatic N) is 1. The van der Waals surface area contributed by atoms with Gasteiger partial charge in [0.1, 0.15) is 6.29 Å². The Kier molecular flexibility index (Phi) is 8.67. The summed E-state index contributed by atoms with van der Waals surface area (Å²) < 4.78 is 11.1. The minimum atomic E-state index is -0.416. The predicted molar refractivity (Wildman–Crippen MR) is 130 cm³/mol. The summed E-state index contributed by atoms with van der Waals surface area (Å²) in [5.41, 5.74) is 3.44. The Morgan fingerprint density at radius 3 is 2.59 bits per heavy atom. The molecule has 7 nitrogen and oxygen atoms in total. The fourth-order valence-electron chi connectivity index (χ4n) is 4.65. The van der Waals surface area contributed by atoms with Crippen molar-refractivity contribution in [2.45, 2.75) is 39.5 Å². The molecule has 1 spiro atoms. The third-order valence-electron chi connectivity index (χ3n) is 6.84. The summed E-state index contributed by atoms with van der Waals surface area (Å²) in [4.78, 5) is 38.4. The van der Waals surface area contributed by atoms with Crippen molar-refractivity contribution in [3.63, 3.8) is 0 Å². The molecule has 1 fully saturated rings. The van der Waals surface area contributed by atoms with Gasteiger partial charge in [-0.25, -0.2) is 4.79 Å². The van der Waals surface area contributed by atoms with Gasteiger partial charge in [-0.1, -0.05) is 32.6 Å². The van der Waals surface area contributed by atoms with E-state index in [0.717, 1.165) is 36.8 Å². The van der Waals surface area contributed by atoms with Gasteiger partial charge in [0.2, 0.25) is 0 Å². The van der Waals surface area contributed by atoms with Gasteiger partial charge >= 0.3 is 5.97 Å². The van der Waals surface area contributed by atoms with E-state index in [2.05, 4.69) is 16.8 Å². The monoisotopic (exact) mass is 468 g/mol. The average Bonchev–Trinajstić information content (AvgIpc) is 2.99. The molecule has 0 bridgehead atoms. The van der Waals surface area contributed by atoms with Gasteiger partial charge in [-0.3, -0.25) is 9.59 Å². The standard InChI is InChI=1S/C27H36N2O5/c1-5-20(3)24-23(14-27(18-28-25(24)31)10-12-33-13-11-27)29(4)15-19(2)17-34-26(32)22-8-6-21(16-30)7-9-22/h6-9,16,19H,3,5,10-15,17-18H2,1-2,4H3,(H,28,31)/t19-/m1/s1. The number of hydrogen-bond donors (Lipinski definition) is 1. The van der Waals surface area contributed by atoms with Crippen LogP contribution in [0, 0.1) is 11.3 Å². The number of benzene rings is 1. The normalized spacial score (nSPS) is 18.6. The van der Waals surface area contributed by atoms with E-state index in [1.165, 1.54) is 0 Å². The summed E-state index contributed by atoms with van der Waals surface area (Å²) in [7, 11) is 2.00. The molecule has 0 aliphatic carbocycles. The Labute approximate surface area is 202 Å². The lowest BCUT2D eigenvalue weighted by Gasteiger charge is -2.39. The van der Waals surface area contributed by atoms with Crippen LogP contribution in [-0.4, -0.2) is 63.0 Å². The molecule has 2 aliphatic heterocycles. The summed E-state index contributed by atoms with van der Waals surface area (Å²) in [5, 5.41) is 3.14. The van der Waals surface area contributed by atoms with Crippen LogP contribution in [0.3, 0.4) is 0 Å². The molecule has 1 aromatic carbocycles. The Morgan fingerprint density at radius 1 is 1.29 bits per heavy atom. The second kappa shape index (κ2) is 11.5. The molecule has 2 aliphatic rings. The largest absolute Gasteiger partial charge is 0.462 e. The first-order chi connectivity index (χ1) is 16.3. The molecule has 1 amide bonds. The summed E-state index contributed by atoms with van der Waals surface area (Å²) in [6.07, 6.45) is 4.04. The summed E-state index contributed by atoms with van der Waals surface area (Å²) in [6.45, 7) is 11.2. The SMILES string of the molecule is C=C(CC)C1=C(N(C)C[C@@H](C)COC(=O)c2ccc(C=O)cc2)CC2(CCOCC2)CNC1=O. The molecule has 1 N–H and O–H groups in total. The van der Waals surface area contributed by atoms with Gasteiger partial charge in [0.15, 0.2) is 0 Å². The highest BCUT2D eigenvalue weighted by atomic mass is 16.5. The topological polar surface area (TPSA) is 84.9 Å². The van der Waals surface area contributed by atoms with Crippen LogP contribution in [0.2, 0.25) is 0 Å². The van der Waals surface area contributed by atoms with Crippen LogP contribution in [0.4, 0.5) is 0 Å². The van der Waals surface area contributed by atoms with Gasteiger partial charge in [0.05, 0.1) is 17.7 Å². The van der Waals surface area contributed by atoms with Crippen LogP contribution < -0.4 is 5.32 Å². The first kappa shape index (κ1) is 25.7. The van der Waals surface area contributed by atoms with Crippen molar-refractivity contribution in [2.75, 3.05) is 40.0 Å². The highest BCUT2D eigenvalue weighted by molar-refractivity contribution is 5.98. The number of esters is 1. The fourth-order valence-corrected chi connectivity index (χ4v) is 4.65. The van der Waals surface area contributed by atoms with Crippen molar-refractivity contribution >= 4 is 18.2 Å². The van der Waals surface area contributed by atoms with Crippen molar-refractivity contribution in [3.05, 3.63) is 58.8 Å².